The number of rotatable bonds is 4. The molecule has 138 valence electrons. The quantitative estimate of drug-likeness (QED) is 0.693. The molecule has 0 saturated carbocycles. The number of pyridine rings is 1. The summed E-state index contributed by atoms with van der Waals surface area (Å²) in [4.78, 5) is 16.0. The first-order valence-electron chi connectivity index (χ1n) is 9.17. The first-order chi connectivity index (χ1) is 13.2. The Morgan fingerprint density at radius 1 is 1.33 bits per heavy atom. The standard InChI is InChI=1S/C20H22N6S/c1-14-8-15(2)24-20(18(14)9-21)25-6-3-4-16(10-25)19-22-5-7-26(19)11-17-12-27-13-23-17/h5,7-8,12-13,16H,3-4,6,10-11H2,1-2H3. The van der Waals surface area contributed by atoms with Gasteiger partial charge in [-0.25, -0.2) is 15.0 Å². The maximum absolute atomic E-state index is 9.62. The Kier molecular flexibility index (Phi) is 4.90. The van der Waals surface area contributed by atoms with Crippen LogP contribution in [0.4, 0.5) is 5.82 Å². The Bertz CT molecular complexity index is 969. The molecule has 1 saturated heterocycles. The average Bonchev–Trinajstić information content (AvgIpc) is 3.34. The van der Waals surface area contributed by atoms with Crippen LogP contribution >= 0.6 is 11.3 Å². The van der Waals surface area contributed by atoms with E-state index in [1.165, 1.54) is 0 Å². The third-order valence-electron chi connectivity index (χ3n) is 5.09. The lowest BCUT2D eigenvalue weighted by Crippen LogP contribution is -2.36. The van der Waals surface area contributed by atoms with Crippen LogP contribution in [0.1, 0.15) is 47.1 Å². The third-order valence-corrected chi connectivity index (χ3v) is 5.72. The van der Waals surface area contributed by atoms with Gasteiger partial charge in [-0.1, -0.05) is 0 Å². The number of piperidine rings is 1. The highest BCUT2D eigenvalue weighted by molar-refractivity contribution is 7.07. The zero-order valence-corrected chi connectivity index (χ0v) is 16.4. The largest absolute Gasteiger partial charge is 0.355 e. The molecule has 1 aliphatic rings. The van der Waals surface area contributed by atoms with Crippen molar-refractivity contribution in [3.63, 3.8) is 0 Å². The average molecular weight is 379 g/mol. The summed E-state index contributed by atoms with van der Waals surface area (Å²) in [5.41, 5.74) is 5.56. The number of nitriles is 1. The van der Waals surface area contributed by atoms with Gasteiger partial charge in [-0.2, -0.15) is 5.26 Å². The van der Waals surface area contributed by atoms with Crippen LogP contribution in [-0.4, -0.2) is 32.6 Å². The smallest absolute Gasteiger partial charge is 0.147 e. The molecule has 0 bridgehead atoms. The van der Waals surface area contributed by atoms with Crippen molar-refractivity contribution < 1.29 is 0 Å². The number of aromatic nitrogens is 4. The summed E-state index contributed by atoms with van der Waals surface area (Å²) in [6.07, 6.45) is 6.06. The second-order valence-electron chi connectivity index (χ2n) is 7.07. The normalized spacial score (nSPS) is 17.1. The number of aryl methyl sites for hydroxylation is 2. The Balaban J connectivity index is 1.60. The maximum atomic E-state index is 9.62. The summed E-state index contributed by atoms with van der Waals surface area (Å²) in [6, 6.07) is 4.32. The Morgan fingerprint density at radius 2 is 2.22 bits per heavy atom. The lowest BCUT2D eigenvalue weighted by atomic mass is 9.96. The van der Waals surface area contributed by atoms with Gasteiger partial charge in [0.05, 0.1) is 23.3 Å². The molecule has 6 nitrogen and oxygen atoms in total. The molecular weight excluding hydrogens is 356 g/mol. The lowest BCUT2D eigenvalue weighted by molar-refractivity contribution is 0.473. The number of nitrogens with zero attached hydrogens (tertiary/aromatic N) is 6. The Hall–Kier alpha value is -2.72. The highest BCUT2D eigenvalue weighted by Gasteiger charge is 2.27. The van der Waals surface area contributed by atoms with Crippen molar-refractivity contribution in [2.45, 2.75) is 39.2 Å². The lowest BCUT2D eigenvalue weighted by Gasteiger charge is -2.34. The minimum Gasteiger partial charge on any atom is -0.355 e. The van der Waals surface area contributed by atoms with E-state index in [4.69, 9.17) is 4.98 Å². The Morgan fingerprint density at radius 3 is 3.00 bits per heavy atom. The number of anilines is 1. The fraction of sp³-hybridized carbons (Fsp3) is 0.400. The fourth-order valence-electron chi connectivity index (χ4n) is 3.87. The molecule has 7 heteroatoms. The van der Waals surface area contributed by atoms with E-state index in [2.05, 4.69) is 30.9 Å². The molecule has 0 aliphatic carbocycles. The molecule has 3 aromatic rings. The summed E-state index contributed by atoms with van der Waals surface area (Å²) in [5.74, 6) is 2.23. The Labute approximate surface area is 163 Å². The molecule has 4 heterocycles. The minimum absolute atomic E-state index is 0.321. The second-order valence-corrected chi connectivity index (χ2v) is 7.79. The van der Waals surface area contributed by atoms with Gasteiger partial charge in [-0.15, -0.1) is 11.3 Å². The molecule has 27 heavy (non-hydrogen) atoms. The van der Waals surface area contributed by atoms with Gasteiger partial charge in [0.1, 0.15) is 17.7 Å². The monoisotopic (exact) mass is 378 g/mol. The van der Waals surface area contributed by atoms with Crippen LogP contribution in [0.5, 0.6) is 0 Å². The number of thiazole rings is 1. The van der Waals surface area contributed by atoms with Gasteiger partial charge in [0, 0.05) is 42.5 Å². The van der Waals surface area contributed by atoms with Crippen LogP contribution in [0.25, 0.3) is 0 Å². The predicted molar refractivity (Wildman–Crippen MR) is 106 cm³/mol. The first-order valence-corrected chi connectivity index (χ1v) is 10.1. The summed E-state index contributed by atoms with van der Waals surface area (Å²) in [6.45, 7) is 6.48. The number of hydrogen-bond acceptors (Lipinski definition) is 6. The van der Waals surface area contributed by atoms with Gasteiger partial charge in [0.2, 0.25) is 0 Å². The summed E-state index contributed by atoms with van der Waals surface area (Å²) in [7, 11) is 0. The van der Waals surface area contributed by atoms with Crippen molar-refractivity contribution in [2.75, 3.05) is 18.0 Å². The number of hydrogen-bond donors (Lipinski definition) is 0. The maximum Gasteiger partial charge on any atom is 0.147 e. The van der Waals surface area contributed by atoms with Gasteiger partial charge < -0.3 is 9.47 Å². The fourth-order valence-corrected chi connectivity index (χ4v) is 4.42. The van der Waals surface area contributed by atoms with E-state index in [9.17, 15) is 5.26 Å². The molecule has 3 aromatic heterocycles. The zero-order valence-electron chi connectivity index (χ0n) is 15.6. The molecule has 1 fully saturated rings. The van der Waals surface area contributed by atoms with E-state index < -0.39 is 0 Å². The predicted octanol–water partition coefficient (Wildman–Crippen LogP) is 3.66. The van der Waals surface area contributed by atoms with Crippen molar-refractivity contribution in [2.24, 2.45) is 0 Å². The van der Waals surface area contributed by atoms with Crippen LogP contribution < -0.4 is 4.90 Å². The highest BCUT2D eigenvalue weighted by Crippen LogP contribution is 2.31. The molecule has 0 aromatic carbocycles. The molecule has 0 amide bonds. The van der Waals surface area contributed by atoms with Gasteiger partial charge in [-0.05, 0) is 38.3 Å². The summed E-state index contributed by atoms with van der Waals surface area (Å²) < 4.78 is 2.20. The van der Waals surface area contributed by atoms with Crippen LogP contribution in [0.15, 0.2) is 29.4 Å². The molecule has 1 unspecified atom stereocenters. The van der Waals surface area contributed by atoms with Gasteiger partial charge in [0.25, 0.3) is 0 Å². The molecule has 4 rings (SSSR count). The summed E-state index contributed by atoms with van der Waals surface area (Å²) >= 11 is 1.62. The van der Waals surface area contributed by atoms with E-state index in [1.807, 2.05) is 37.8 Å². The molecule has 0 spiro atoms. The van der Waals surface area contributed by atoms with Crippen LogP contribution in [0, 0.1) is 25.2 Å². The molecule has 1 atom stereocenters. The first kappa shape index (κ1) is 17.7. The highest BCUT2D eigenvalue weighted by atomic mass is 32.1. The van der Waals surface area contributed by atoms with E-state index in [0.29, 0.717) is 11.5 Å². The van der Waals surface area contributed by atoms with Gasteiger partial charge in [0.15, 0.2) is 0 Å². The van der Waals surface area contributed by atoms with E-state index in [-0.39, 0.29) is 0 Å². The molecular formula is C20H22N6S. The van der Waals surface area contributed by atoms with Crippen molar-refractivity contribution in [1.29, 1.82) is 5.26 Å². The van der Waals surface area contributed by atoms with Crippen LogP contribution in [0.3, 0.4) is 0 Å². The van der Waals surface area contributed by atoms with E-state index in [1.54, 1.807) is 11.3 Å². The van der Waals surface area contributed by atoms with Crippen molar-refractivity contribution in [1.82, 2.24) is 19.5 Å². The topological polar surface area (TPSA) is 70.6 Å². The van der Waals surface area contributed by atoms with Gasteiger partial charge in [-0.3, -0.25) is 0 Å². The zero-order chi connectivity index (χ0) is 18.8. The van der Waals surface area contributed by atoms with Crippen LogP contribution in [0.2, 0.25) is 0 Å². The summed E-state index contributed by atoms with van der Waals surface area (Å²) in [5, 5.41) is 11.7. The van der Waals surface area contributed by atoms with Crippen LogP contribution in [-0.2, 0) is 6.54 Å². The molecule has 1 aliphatic heterocycles. The minimum atomic E-state index is 0.321. The van der Waals surface area contributed by atoms with E-state index >= 15 is 0 Å². The SMILES string of the molecule is Cc1cc(C)c(C#N)c(N2CCCC(c3nccn3Cc3cscn3)C2)n1. The van der Waals surface area contributed by atoms with Crippen molar-refractivity contribution in [3.05, 3.63) is 57.7 Å². The second kappa shape index (κ2) is 7.49. The molecule has 0 N–H and O–H groups in total. The molecule has 0 radical (unpaired) electrons. The van der Waals surface area contributed by atoms with Crippen molar-refractivity contribution in [3.8, 4) is 6.07 Å². The third kappa shape index (κ3) is 3.58. The van der Waals surface area contributed by atoms with E-state index in [0.717, 1.165) is 61.1 Å². The number of imidazole rings is 1. The van der Waals surface area contributed by atoms with Gasteiger partial charge >= 0.3 is 0 Å². The van der Waals surface area contributed by atoms with Crippen molar-refractivity contribution >= 4 is 17.2 Å².